The first-order chi connectivity index (χ1) is 12.5. The molecule has 0 unspecified atom stereocenters. The van der Waals surface area contributed by atoms with Gasteiger partial charge in [0.15, 0.2) is 5.65 Å². The number of carbonyl (C=O) groups excluding carboxylic acids is 1. The van der Waals surface area contributed by atoms with Gasteiger partial charge in [0, 0.05) is 25.0 Å². The van der Waals surface area contributed by atoms with Crippen LogP contribution in [0.5, 0.6) is 0 Å². The Kier molecular flexibility index (Phi) is 5.63. The molecule has 1 saturated heterocycles. The number of anilines is 1. The van der Waals surface area contributed by atoms with Crippen LogP contribution in [-0.2, 0) is 4.79 Å². The Balaban J connectivity index is 1.62. The van der Waals surface area contributed by atoms with Crippen LogP contribution in [0.3, 0.4) is 0 Å². The molecule has 2 aromatic rings. The molecule has 1 fully saturated rings. The molecule has 3 heterocycles. The highest BCUT2D eigenvalue weighted by atomic mass is 19.3. The Morgan fingerprint density at radius 2 is 1.92 bits per heavy atom. The van der Waals surface area contributed by atoms with E-state index in [1.54, 1.807) is 12.1 Å². The van der Waals surface area contributed by atoms with Gasteiger partial charge in [-0.25, -0.2) is 8.78 Å². The zero-order chi connectivity index (χ0) is 18.7. The van der Waals surface area contributed by atoms with Crippen molar-refractivity contribution in [2.45, 2.75) is 52.0 Å². The Labute approximate surface area is 150 Å². The van der Waals surface area contributed by atoms with Gasteiger partial charge >= 0.3 is 0 Å². The van der Waals surface area contributed by atoms with Crippen LogP contribution < -0.4 is 5.32 Å². The molecule has 7 nitrogen and oxygen atoms in total. The number of aromatic nitrogens is 4. The summed E-state index contributed by atoms with van der Waals surface area (Å²) in [5.41, 5.74) is 0.288. The van der Waals surface area contributed by atoms with Gasteiger partial charge in [0.05, 0.1) is 0 Å². The summed E-state index contributed by atoms with van der Waals surface area (Å²) in [6, 6.07) is 3.47. The normalized spacial score (nSPS) is 16.0. The molecule has 0 aromatic carbocycles. The Morgan fingerprint density at radius 3 is 2.54 bits per heavy atom. The largest absolute Gasteiger partial charge is 0.366 e. The third-order valence-electron chi connectivity index (χ3n) is 4.98. The second kappa shape index (κ2) is 7.92. The van der Waals surface area contributed by atoms with E-state index in [0.29, 0.717) is 18.9 Å². The van der Waals surface area contributed by atoms with E-state index in [1.165, 1.54) is 0 Å². The van der Waals surface area contributed by atoms with Gasteiger partial charge in [-0.3, -0.25) is 4.79 Å². The molecule has 0 atom stereocenters. The van der Waals surface area contributed by atoms with E-state index >= 15 is 0 Å². The fraction of sp³-hybridized carbons (Fsp3) is 0.647. The van der Waals surface area contributed by atoms with Crippen molar-refractivity contribution >= 4 is 17.4 Å². The smallest absolute Gasteiger partial charge is 0.299 e. The number of likely N-dealkylation sites (tertiary alicyclic amines) is 1. The summed E-state index contributed by atoms with van der Waals surface area (Å²) in [5, 5.41) is 14.6. The molecule has 1 aliphatic rings. The van der Waals surface area contributed by atoms with Crippen molar-refractivity contribution in [3.8, 4) is 0 Å². The van der Waals surface area contributed by atoms with Crippen LogP contribution in [0.25, 0.3) is 5.65 Å². The molecule has 142 valence electrons. The maximum absolute atomic E-state index is 12.9. The Morgan fingerprint density at radius 1 is 1.23 bits per heavy atom. The first kappa shape index (κ1) is 18.5. The Hall–Kier alpha value is -2.32. The quantitative estimate of drug-likeness (QED) is 0.851. The summed E-state index contributed by atoms with van der Waals surface area (Å²) in [4.78, 5) is 14.4. The van der Waals surface area contributed by atoms with E-state index in [1.807, 2.05) is 18.7 Å². The molecule has 1 aliphatic heterocycles. The number of amides is 1. The molecule has 0 aliphatic carbocycles. The van der Waals surface area contributed by atoms with Gasteiger partial charge < -0.3 is 10.2 Å². The highest BCUT2D eigenvalue weighted by Crippen LogP contribution is 2.21. The molecule has 0 spiro atoms. The number of piperidine rings is 1. The lowest BCUT2D eigenvalue weighted by Crippen LogP contribution is -2.44. The van der Waals surface area contributed by atoms with Crippen LogP contribution >= 0.6 is 0 Å². The SMILES string of the molecule is CCC(CC)C(=O)N1CCC(Nc2ccc3nnc(C(F)F)n3n2)CC1. The van der Waals surface area contributed by atoms with Crippen LogP contribution in [0, 0.1) is 5.92 Å². The lowest BCUT2D eigenvalue weighted by Gasteiger charge is -2.34. The molecule has 3 rings (SSSR count). The zero-order valence-corrected chi connectivity index (χ0v) is 15.0. The first-order valence-electron chi connectivity index (χ1n) is 9.09. The van der Waals surface area contributed by atoms with Crippen molar-refractivity contribution < 1.29 is 13.6 Å². The van der Waals surface area contributed by atoms with Gasteiger partial charge in [0.25, 0.3) is 6.43 Å². The molecule has 9 heteroatoms. The van der Waals surface area contributed by atoms with Gasteiger partial charge in [-0.15, -0.1) is 15.3 Å². The minimum atomic E-state index is -2.73. The Bertz CT molecular complexity index is 753. The monoisotopic (exact) mass is 366 g/mol. The van der Waals surface area contributed by atoms with E-state index in [-0.39, 0.29) is 23.5 Å². The molecule has 26 heavy (non-hydrogen) atoms. The van der Waals surface area contributed by atoms with Crippen molar-refractivity contribution in [2.75, 3.05) is 18.4 Å². The average Bonchev–Trinajstić information content (AvgIpc) is 3.07. The molecule has 0 saturated carbocycles. The highest BCUT2D eigenvalue weighted by molar-refractivity contribution is 5.78. The molecular formula is C17H24F2N6O. The standard InChI is InChI=1S/C17H24F2N6O/c1-3-11(4-2)17(26)24-9-7-12(8-10-24)20-13-5-6-14-21-22-16(15(18)19)25(14)23-13/h5-6,11-12,15H,3-4,7-10H2,1-2H3,(H,20,23). The number of carbonyl (C=O) groups is 1. The summed E-state index contributed by atoms with van der Waals surface area (Å²) in [5.74, 6) is 0.377. The van der Waals surface area contributed by atoms with Crippen LogP contribution in [0.2, 0.25) is 0 Å². The summed E-state index contributed by atoms with van der Waals surface area (Å²) < 4.78 is 27.0. The van der Waals surface area contributed by atoms with E-state index in [0.717, 1.165) is 30.2 Å². The molecule has 0 bridgehead atoms. The summed E-state index contributed by atoms with van der Waals surface area (Å²) >= 11 is 0. The minimum Gasteiger partial charge on any atom is -0.366 e. The van der Waals surface area contributed by atoms with Crippen LogP contribution in [0.4, 0.5) is 14.6 Å². The van der Waals surface area contributed by atoms with E-state index < -0.39 is 12.2 Å². The fourth-order valence-electron chi connectivity index (χ4n) is 3.37. The van der Waals surface area contributed by atoms with Crippen molar-refractivity contribution in [3.63, 3.8) is 0 Å². The van der Waals surface area contributed by atoms with Gasteiger partial charge in [0.1, 0.15) is 5.82 Å². The molecule has 1 amide bonds. The lowest BCUT2D eigenvalue weighted by atomic mass is 9.98. The van der Waals surface area contributed by atoms with Crippen molar-refractivity contribution in [1.82, 2.24) is 24.7 Å². The summed E-state index contributed by atoms with van der Waals surface area (Å²) in [6.45, 7) is 5.48. The van der Waals surface area contributed by atoms with Gasteiger partial charge in [-0.1, -0.05) is 13.8 Å². The maximum Gasteiger partial charge on any atom is 0.299 e. The zero-order valence-electron chi connectivity index (χ0n) is 15.0. The van der Waals surface area contributed by atoms with Gasteiger partial charge in [-0.2, -0.15) is 4.52 Å². The predicted octanol–water partition coefficient (Wildman–Crippen LogP) is 2.90. The van der Waals surface area contributed by atoms with Crippen molar-refractivity contribution in [3.05, 3.63) is 18.0 Å². The van der Waals surface area contributed by atoms with Crippen LogP contribution in [0.1, 0.15) is 51.8 Å². The predicted molar refractivity (Wildman–Crippen MR) is 93.0 cm³/mol. The maximum atomic E-state index is 12.9. The number of fused-ring (bicyclic) bond motifs is 1. The summed E-state index contributed by atoms with van der Waals surface area (Å²) in [7, 11) is 0. The average molecular weight is 366 g/mol. The first-order valence-corrected chi connectivity index (χ1v) is 9.09. The second-order valence-corrected chi connectivity index (χ2v) is 6.60. The third-order valence-corrected chi connectivity index (χ3v) is 4.98. The number of nitrogens with zero attached hydrogens (tertiary/aromatic N) is 5. The number of halogens is 2. The van der Waals surface area contributed by atoms with Crippen LogP contribution in [-0.4, -0.2) is 49.7 Å². The number of rotatable bonds is 6. The van der Waals surface area contributed by atoms with Crippen molar-refractivity contribution in [1.29, 1.82) is 0 Å². The minimum absolute atomic E-state index is 0.102. The molecule has 1 N–H and O–H groups in total. The number of alkyl halides is 2. The van der Waals surface area contributed by atoms with Crippen molar-refractivity contribution in [2.24, 2.45) is 5.92 Å². The highest BCUT2D eigenvalue weighted by Gasteiger charge is 2.26. The van der Waals surface area contributed by atoms with Gasteiger partial charge in [0.2, 0.25) is 11.7 Å². The number of hydrogen-bond acceptors (Lipinski definition) is 5. The molecule has 2 aromatic heterocycles. The molecular weight excluding hydrogens is 342 g/mol. The molecule has 0 radical (unpaired) electrons. The van der Waals surface area contributed by atoms with E-state index in [9.17, 15) is 13.6 Å². The topological polar surface area (TPSA) is 75.4 Å². The fourth-order valence-corrected chi connectivity index (χ4v) is 3.37. The van der Waals surface area contributed by atoms with Crippen LogP contribution in [0.15, 0.2) is 12.1 Å². The second-order valence-electron chi connectivity index (χ2n) is 6.60. The lowest BCUT2D eigenvalue weighted by molar-refractivity contribution is -0.136. The van der Waals surface area contributed by atoms with E-state index in [4.69, 9.17) is 0 Å². The van der Waals surface area contributed by atoms with E-state index in [2.05, 4.69) is 20.6 Å². The number of hydrogen-bond donors (Lipinski definition) is 1. The third kappa shape index (κ3) is 3.76. The number of nitrogens with one attached hydrogen (secondary N) is 1. The van der Waals surface area contributed by atoms with Gasteiger partial charge in [-0.05, 0) is 37.8 Å². The summed E-state index contributed by atoms with van der Waals surface area (Å²) in [6.07, 6.45) is 0.600.